The van der Waals surface area contributed by atoms with E-state index in [2.05, 4.69) is 0 Å². The van der Waals surface area contributed by atoms with Crippen molar-refractivity contribution in [2.24, 2.45) is 0 Å². The number of nitrogens with zero attached hydrogens (tertiary/aromatic N) is 3. The standard InChI is InChI=1S/C22H23N3O5S2/c26-21(19-7-4-8-20(17-19)25(27)28)24-14-15-31-22(24)10-12-23(13-11-22)32(29,30)16-9-18-5-2-1-3-6-18/h1-9,16-17H,10-15H2. The maximum Gasteiger partial charge on any atom is 0.270 e. The molecule has 10 heteroatoms. The van der Waals surface area contributed by atoms with Crippen molar-refractivity contribution in [1.29, 1.82) is 0 Å². The Hall–Kier alpha value is -2.69. The number of hydrogen-bond donors (Lipinski definition) is 0. The number of non-ortho nitro benzene ring substituents is 1. The number of hydrogen-bond acceptors (Lipinski definition) is 6. The summed E-state index contributed by atoms with van der Waals surface area (Å²) in [5.41, 5.74) is 0.967. The second-order valence-corrected chi connectivity index (χ2v) is 11.0. The van der Waals surface area contributed by atoms with E-state index in [9.17, 15) is 23.3 Å². The van der Waals surface area contributed by atoms with Gasteiger partial charge in [0, 0.05) is 48.5 Å². The highest BCUT2D eigenvalue weighted by Crippen LogP contribution is 2.45. The number of benzene rings is 2. The van der Waals surface area contributed by atoms with Gasteiger partial charge in [-0.3, -0.25) is 14.9 Å². The Labute approximate surface area is 191 Å². The summed E-state index contributed by atoms with van der Waals surface area (Å²) in [6.45, 7) is 1.16. The average Bonchev–Trinajstić information content (AvgIpc) is 3.21. The van der Waals surface area contributed by atoms with Gasteiger partial charge in [0.1, 0.15) is 0 Å². The third-order valence-corrected chi connectivity index (χ3v) is 8.94. The molecule has 0 atom stereocenters. The van der Waals surface area contributed by atoms with Crippen LogP contribution in [-0.4, -0.2) is 58.7 Å². The molecule has 32 heavy (non-hydrogen) atoms. The van der Waals surface area contributed by atoms with Crippen LogP contribution in [-0.2, 0) is 10.0 Å². The molecule has 2 aliphatic heterocycles. The topological polar surface area (TPSA) is 101 Å². The van der Waals surface area contributed by atoms with Gasteiger partial charge in [-0.1, -0.05) is 36.4 Å². The molecule has 8 nitrogen and oxygen atoms in total. The van der Waals surface area contributed by atoms with E-state index in [-0.39, 0.29) is 17.2 Å². The first kappa shape index (κ1) is 22.5. The predicted molar refractivity (Wildman–Crippen MR) is 125 cm³/mol. The van der Waals surface area contributed by atoms with Crippen LogP contribution in [0, 0.1) is 10.1 Å². The Kier molecular flexibility index (Phi) is 6.36. The highest BCUT2D eigenvalue weighted by Gasteiger charge is 2.47. The Morgan fingerprint density at radius 1 is 1.06 bits per heavy atom. The minimum atomic E-state index is -3.57. The van der Waals surface area contributed by atoms with Crippen LogP contribution in [0.15, 0.2) is 60.0 Å². The minimum Gasteiger partial charge on any atom is -0.323 e. The van der Waals surface area contributed by atoms with Gasteiger partial charge in [-0.2, -0.15) is 4.31 Å². The zero-order chi connectivity index (χ0) is 22.8. The Morgan fingerprint density at radius 3 is 2.47 bits per heavy atom. The first-order valence-electron chi connectivity index (χ1n) is 10.2. The van der Waals surface area contributed by atoms with Crippen molar-refractivity contribution in [3.63, 3.8) is 0 Å². The lowest BCUT2D eigenvalue weighted by atomic mass is 10.0. The smallest absolute Gasteiger partial charge is 0.270 e. The molecule has 2 saturated heterocycles. The number of sulfonamides is 1. The van der Waals surface area contributed by atoms with Crippen LogP contribution in [0.1, 0.15) is 28.8 Å². The molecule has 0 aliphatic carbocycles. The van der Waals surface area contributed by atoms with E-state index in [1.165, 1.54) is 27.9 Å². The summed E-state index contributed by atoms with van der Waals surface area (Å²) >= 11 is 1.66. The number of nitro benzene ring substituents is 1. The normalized spacial score (nSPS) is 18.9. The lowest BCUT2D eigenvalue weighted by Gasteiger charge is -2.43. The molecule has 0 unspecified atom stereocenters. The fourth-order valence-electron chi connectivity index (χ4n) is 4.12. The molecule has 168 valence electrons. The van der Waals surface area contributed by atoms with Crippen molar-refractivity contribution in [3.05, 3.63) is 81.2 Å². The van der Waals surface area contributed by atoms with E-state index >= 15 is 0 Å². The molecule has 1 amide bonds. The van der Waals surface area contributed by atoms with Gasteiger partial charge < -0.3 is 4.90 Å². The number of thioether (sulfide) groups is 1. The van der Waals surface area contributed by atoms with Gasteiger partial charge in [-0.15, -0.1) is 11.8 Å². The number of piperidine rings is 1. The van der Waals surface area contributed by atoms with E-state index in [4.69, 9.17) is 0 Å². The van der Waals surface area contributed by atoms with Crippen molar-refractivity contribution in [2.45, 2.75) is 17.7 Å². The maximum absolute atomic E-state index is 13.2. The Bertz CT molecular complexity index is 1140. The molecular weight excluding hydrogens is 450 g/mol. The quantitative estimate of drug-likeness (QED) is 0.486. The Balaban J connectivity index is 1.47. The molecule has 2 heterocycles. The molecule has 0 radical (unpaired) electrons. The van der Waals surface area contributed by atoms with Crippen molar-refractivity contribution in [3.8, 4) is 0 Å². The predicted octanol–water partition coefficient (Wildman–Crippen LogP) is 3.58. The lowest BCUT2D eigenvalue weighted by molar-refractivity contribution is -0.384. The monoisotopic (exact) mass is 473 g/mol. The van der Waals surface area contributed by atoms with Crippen molar-refractivity contribution >= 4 is 39.5 Å². The van der Waals surface area contributed by atoms with E-state index < -0.39 is 19.8 Å². The minimum absolute atomic E-state index is 0.122. The SMILES string of the molecule is O=C(c1cccc([N+](=O)[O-])c1)N1CCSC12CCN(S(=O)(=O)C=Cc1ccccc1)CC2. The van der Waals surface area contributed by atoms with Crippen LogP contribution in [0.25, 0.3) is 6.08 Å². The van der Waals surface area contributed by atoms with E-state index in [0.29, 0.717) is 32.5 Å². The van der Waals surface area contributed by atoms with Crippen molar-refractivity contribution in [2.75, 3.05) is 25.4 Å². The second-order valence-electron chi connectivity index (χ2n) is 7.72. The lowest BCUT2D eigenvalue weighted by Crippen LogP contribution is -2.53. The number of carbonyl (C=O) groups is 1. The van der Waals surface area contributed by atoms with Crippen LogP contribution >= 0.6 is 11.8 Å². The van der Waals surface area contributed by atoms with E-state index in [1.807, 2.05) is 30.3 Å². The largest absolute Gasteiger partial charge is 0.323 e. The number of amides is 1. The van der Waals surface area contributed by atoms with Gasteiger partial charge in [0.25, 0.3) is 11.6 Å². The van der Waals surface area contributed by atoms with Gasteiger partial charge in [-0.05, 0) is 30.5 Å². The highest BCUT2D eigenvalue weighted by atomic mass is 32.2. The molecule has 2 aliphatic rings. The molecule has 0 aromatic heterocycles. The van der Waals surface area contributed by atoms with E-state index in [0.717, 1.165) is 11.3 Å². The fraction of sp³-hybridized carbons (Fsp3) is 0.318. The van der Waals surface area contributed by atoms with Crippen LogP contribution in [0.4, 0.5) is 5.69 Å². The van der Waals surface area contributed by atoms with Gasteiger partial charge in [0.15, 0.2) is 0 Å². The van der Waals surface area contributed by atoms with Crippen LogP contribution < -0.4 is 0 Å². The summed E-state index contributed by atoms with van der Waals surface area (Å²) in [7, 11) is -3.57. The highest BCUT2D eigenvalue weighted by molar-refractivity contribution is 8.00. The molecule has 0 saturated carbocycles. The van der Waals surface area contributed by atoms with Gasteiger partial charge in [-0.25, -0.2) is 8.42 Å². The second kappa shape index (κ2) is 9.05. The first-order valence-corrected chi connectivity index (χ1v) is 12.7. The fourth-order valence-corrected chi connectivity index (χ4v) is 6.77. The maximum atomic E-state index is 13.2. The summed E-state index contributed by atoms with van der Waals surface area (Å²) < 4.78 is 27.0. The molecule has 1 spiro atoms. The van der Waals surface area contributed by atoms with Crippen LogP contribution in [0.5, 0.6) is 0 Å². The van der Waals surface area contributed by atoms with Gasteiger partial charge in [0.05, 0.1) is 9.79 Å². The zero-order valence-corrected chi connectivity index (χ0v) is 18.9. The molecular formula is C22H23N3O5S2. The Morgan fingerprint density at radius 2 is 1.78 bits per heavy atom. The molecule has 0 bridgehead atoms. The summed E-state index contributed by atoms with van der Waals surface area (Å²) in [5.74, 6) is 0.500. The summed E-state index contributed by atoms with van der Waals surface area (Å²) in [5, 5.41) is 12.3. The number of carbonyl (C=O) groups excluding carboxylic acids is 1. The van der Waals surface area contributed by atoms with Crippen LogP contribution in [0.2, 0.25) is 0 Å². The molecule has 2 aromatic carbocycles. The average molecular weight is 474 g/mol. The molecule has 4 rings (SSSR count). The van der Waals surface area contributed by atoms with Gasteiger partial charge in [0.2, 0.25) is 10.0 Å². The third kappa shape index (κ3) is 4.57. The van der Waals surface area contributed by atoms with Crippen molar-refractivity contribution < 1.29 is 18.1 Å². The summed E-state index contributed by atoms with van der Waals surface area (Å²) in [4.78, 5) is 25.0. The summed E-state index contributed by atoms with van der Waals surface area (Å²) in [6.07, 6.45) is 2.61. The molecule has 0 N–H and O–H groups in total. The molecule has 2 aromatic rings. The first-order chi connectivity index (χ1) is 15.3. The third-order valence-electron chi connectivity index (χ3n) is 5.82. The summed E-state index contributed by atoms with van der Waals surface area (Å²) in [6, 6.07) is 15.0. The van der Waals surface area contributed by atoms with Gasteiger partial charge >= 0.3 is 0 Å². The van der Waals surface area contributed by atoms with E-state index in [1.54, 1.807) is 28.8 Å². The molecule has 2 fully saturated rings. The number of rotatable bonds is 5. The number of nitro groups is 1. The zero-order valence-electron chi connectivity index (χ0n) is 17.3. The van der Waals surface area contributed by atoms with Crippen molar-refractivity contribution in [1.82, 2.24) is 9.21 Å². The van der Waals surface area contributed by atoms with Crippen LogP contribution in [0.3, 0.4) is 0 Å².